The predicted octanol–water partition coefficient (Wildman–Crippen LogP) is 5.05. The van der Waals surface area contributed by atoms with E-state index in [1.165, 1.54) is 11.8 Å². The van der Waals surface area contributed by atoms with Gasteiger partial charge in [0.2, 0.25) is 0 Å². The first-order valence-electron chi connectivity index (χ1n) is 9.78. The van der Waals surface area contributed by atoms with E-state index >= 15 is 0 Å². The molecule has 0 fully saturated rings. The topological polar surface area (TPSA) is 73.3 Å². The third kappa shape index (κ3) is 6.49. The number of carbonyl (C=O) groups is 1. The smallest absolute Gasteiger partial charge is 0.262 e. The van der Waals surface area contributed by atoms with Crippen molar-refractivity contribution in [3.8, 4) is 11.5 Å². The van der Waals surface area contributed by atoms with Gasteiger partial charge in [-0.1, -0.05) is 19.1 Å². The number of anilines is 1. The largest absolute Gasteiger partial charge is 0.490 e. The summed E-state index contributed by atoms with van der Waals surface area (Å²) in [5, 5.41) is 3.55. The zero-order valence-electron chi connectivity index (χ0n) is 17.3. The zero-order valence-corrected chi connectivity index (χ0v) is 18.2. The number of aromatic nitrogens is 2. The number of aryl methyl sites for hydroxylation is 2. The summed E-state index contributed by atoms with van der Waals surface area (Å²) >= 11 is 1.49. The Balaban J connectivity index is 1.53. The van der Waals surface area contributed by atoms with Gasteiger partial charge in [-0.25, -0.2) is 9.97 Å². The normalized spacial score (nSPS) is 10.5. The third-order valence-corrected chi connectivity index (χ3v) is 4.85. The molecule has 0 spiro atoms. The van der Waals surface area contributed by atoms with Gasteiger partial charge in [-0.05, 0) is 74.5 Å². The predicted molar refractivity (Wildman–Crippen MR) is 118 cm³/mol. The molecule has 1 N–H and O–H groups in total. The fourth-order valence-corrected chi connectivity index (χ4v) is 3.55. The van der Waals surface area contributed by atoms with Gasteiger partial charge in [0, 0.05) is 22.0 Å². The summed E-state index contributed by atoms with van der Waals surface area (Å²) in [6.45, 7) is 6.45. The Hall–Kier alpha value is -3.06. The van der Waals surface area contributed by atoms with E-state index in [-0.39, 0.29) is 12.5 Å². The molecule has 156 valence electrons. The molecule has 0 atom stereocenters. The average Bonchev–Trinajstić information content (AvgIpc) is 2.72. The van der Waals surface area contributed by atoms with Crippen molar-refractivity contribution in [2.24, 2.45) is 0 Å². The van der Waals surface area contributed by atoms with Crippen LogP contribution < -0.4 is 14.8 Å². The summed E-state index contributed by atoms with van der Waals surface area (Å²) in [4.78, 5) is 22.1. The Morgan fingerprint density at radius 1 is 0.967 bits per heavy atom. The summed E-state index contributed by atoms with van der Waals surface area (Å²) in [6, 6.07) is 16.8. The van der Waals surface area contributed by atoms with Gasteiger partial charge in [0.15, 0.2) is 23.3 Å². The second kappa shape index (κ2) is 10.6. The molecular weight excluding hydrogens is 398 g/mol. The van der Waals surface area contributed by atoms with Crippen molar-refractivity contribution in [3.05, 3.63) is 66.0 Å². The van der Waals surface area contributed by atoms with Crippen molar-refractivity contribution >= 4 is 23.4 Å². The standard InChI is InChI=1S/C23H25N3O3S/c1-4-13-28-20-7-5-6-8-21(20)29-15-22(27)26-18-9-11-19(12-10-18)30-23-24-16(2)14-17(3)25-23/h5-12,14H,4,13,15H2,1-3H3,(H,26,27). The summed E-state index contributed by atoms with van der Waals surface area (Å²) < 4.78 is 11.3. The van der Waals surface area contributed by atoms with Gasteiger partial charge in [-0.2, -0.15) is 0 Å². The number of amides is 1. The molecule has 0 saturated heterocycles. The second-order valence-corrected chi connectivity index (χ2v) is 7.73. The lowest BCUT2D eigenvalue weighted by Gasteiger charge is -2.12. The molecule has 0 unspecified atom stereocenters. The maximum atomic E-state index is 12.3. The van der Waals surface area contributed by atoms with Gasteiger partial charge in [0.1, 0.15) is 0 Å². The fourth-order valence-electron chi connectivity index (χ4n) is 2.69. The molecule has 2 aromatic carbocycles. The van der Waals surface area contributed by atoms with Crippen LogP contribution in [0.15, 0.2) is 64.6 Å². The first kappa shape index (κ1) is 21.6. The van der Waals surface area contributed by atoms with Crippen LogP contribution in [-0.2, 0) is 4.79 Å². The maximum absolute atomic E-state index is 12.3. The second-order valence-electron chi connectivity index (χ2n) is 6.69. The first-order chi connectivity index (χ1) is 14.5. The molecule has 0 saturated carbocycles. The number of rotatable bonds is 9. The minimum Gasteiger partial charge on any atom is -0.490 e. The lowest BCUT2D eigenvalue weighted by molar-refractivity contribution is -0.118. The van der Waals surface area contributed by atoms with Crippen LogP contribution in [-0.4, -0.2) is 29.1 Å². The van der Waals surface area contributed by atoms with Crippen LogP contribution in [0.4, 0.5) is 5.69 Å². The van der Waals surface area contributed by atoms with Gasteiger partial charge >= 0.3 is 0 Å². The molecular formula is C23H25N3O3S. The van der Waals surface area contributed by atoms with Crippen LogP contribution in [0.1, 0.15) is 24.7 Å². The van der Waals surface area contributed by atoms with Crippen LogP contribution in [0, 0.1) is 13.8 Å². The Labute approximate surface area is 181 Å². The van der Waals surface area contributed by atoms with Gasteiger partial charge in [0.05, 0.1) is 6.61 Å². The quantitative estimate of drug-likeness (QED) is 0.486. The number of hydrogen-bond acceptors (Lipinski definition) is 6. The summed E-state index contributed by atoms with van der Waals surface area (Å²) in [5.74, 6) is 0.960. The maximum Gasteiger partial charge on any atom is 0.262 e. The van der Waals surface area contributed by atoms with Crippen molar-refractivity contribution in [1.82, 2.24) is 9.97 Å². The summed E-state index contributed by atoms with van der Waals surface area (Å²) in [5.41, 5.74) is 2.58. The number of ether oxygens (including phenoxy) is 2. The van der Waals surface area contributed by atoms with E-state index in [0.29, 0.717) is 28.9 Å². The van der Waals surface area contributed by atoms with Crippen molar-refractivity contribution in [1.29, 1.82) is 0 Å². The van der Waals surface area contributed by atoms with Crippen molar-refractivity contribution in [2.45, 2.75) is 37.2 Å². The van der Waals surface area contributed by atoms with Crippen LogP contribution >= 0.6 is 11.8 Å². The minimum atomic E-state index is -0.238. The molecule has 1 heterocycles. The summed E-state index contributed by atoms with van der Waals surface area (Å²) in [6.07, 6.45) is 0.902. The van der Waals surface area contributed by atoms with Crippen LogP contribution in [0.5, 0.6) is 11.5 Å². The number of para-hydroxylation sites is 2. The van der Waals surface area contributed by atoms with E-state index in [1.807, 2.05) is 69.3 Å². The molecule has 3 aromatic rings. The van der Waals surface area contributed by atoms with Gasteiger partial charge in [-0.15, -0.1) is 0 Å². The minimum absolute atomic E-state index is 0.0978. The first-order valence-corrected chi connectivity index (χ1v) is 10.6. The Morgan fingerprint density at radius 3 is 2.23 bits per heavy atom. The lowest BCUT2D eigenvalue weighted by atomic mass is 10.3. The van der Waals surface area contributed by atoms with E-state index in [1.54, 1.807) is 6.07 Å². The molecule has 30 heavy (non-hydrogen) atoms. The Bertz CT molecular complexity index is 973. The number of nitrogens with one attached hydrogen (secondary N) is 1. The molecule has 3 rings (SSSR count). The lowest BCUT2D eigenvalue weighted by Crippen LogP contribution is -2.20. The highest BCUT2D eigenvalue weighted by Crippen LogP contribution is 2.27. The molecule has 7 heteroatoms. The van der Waals surface area contributed by atoms with E-state index in [2.05, 4.69) is 15.3 Å². The fraction of sp³-hybridized carbons (Fsp3) is 0.261. The molecule has 1 aromatic heterocycles. The highest BCUT2D eigenvalue weighted by Gasteiger charge is 2.09. The van der Waals surface area contributed by atoms with Gasteiger partial charge in [0.25, 0.3) is 5.91 Å². The molecule has 0 radical (unpaired) electrons. The summed E-state index contributed by atoms with van der Waals surface area (Å²) in [7, 11) is 0. The number of carbonyl (C=O) groups excluding carboxylic acids is 1. The third-order valence-electron chi connectivity index (χ3n) is 3.98. The van der Waals surface area contributed by atoms with Crippen LogP contribution in [0.3, 0.4) is 0 Å². The van der Waals surface area contributed by atoms with Gasteiger partial charge in [-0.3, -0.25) is 4.79 Å². The molecule has 0 aliphatic carbocycles. The Morgan fingerprint density at radius 2 is 1.60 bits per heavy atom. The molecule has 0 aliphatic heterocycles. The van der Waals surface area contributed by atoms with Crippen LogP contribution in [0.2, 0.25) is 0 Å². The van der Waals surface area contributed by atoms with E-state index in [4.69, 9.17) is 9.47 Å². The van der Waals surface area contributed by atoms with Crippen molar-refractivity contribution < 1.29 is 14.3 Å². The van der Waals surface area contributed by atoms with E-state index in [9.17, 15) is 4.79 Å². The van der Waals surface area contributed by atoms with Crippen LogP contribution in [0.25, 0.3) is 0 Å². The number of hydrogen-bond donors (Lipinski definition) is 1. The SMILES string of the molecule is CCCOc1ccccc1OCC(=O)Nc1ccc(Sc2nc(C)cc(C)n2)cc1. The Kier molecular flexibility index (Phi) is 7.68. The average molecular weight is 424 g/mol. The molecule has 0 bridgehead atoms. The number of nitrogens with zero attached hydrogens (tertiary/aromatic N) is 2. The van der Waals surface area contributed by atoms with E-state index < -0.39 is 0 Å². The number of benzene rings is 2. The molecule has 6 nitrogen and oxygen atoms in total. The van der Waals surface area contributed by atoms with E-state index in [0.717, 1.165) is 22.7 Å². The van der Waals surface area contributed by atoms with Gasteiger partial charge < -0.3 is 14.8 Å². The highest BCUT2D eigenvalue weighted by atomic mass is 32.2. The van der Waals surface area contributed by atoms with Crippen molar-refractivity contribution in [2.75, 3.05) is 18.5 Å². The highest BCUT2D eigenvalue weighted by molar-refractivity contribution is 7.99. The molecule has 0 aliphatic rings. The van der Waals surface area contributed by atoms with Crippen molar-refractivity contribution in [3.63, 3.8) is 0 Å². The zero-order chi connectivity index (χ0) is 21.3. The monoisotopic (exact) mass is 423 g/mol. The molecule has 1 amide bonds.